The number of benzene rings is 1. The number of fused-ring (bicyclic) bond motifs is 2. The first-order valence-corrected chi connectivity index (χ1v) is 10.2. The van der Waals surface area contributed by atoms with E-state index in [-0.39, 0.29) is 18.1 Å². The molecule has 0 bridgehead atoms. The van der Waals surface area contributed by atoms with Crippen LogP contribution in [-0.4, -0.2) is 65.5 Å². The number of amides is 1. The average molecular weight is 438 g/mol. The van der Waals surface area contributed by atoms with Crippen LogP contribution < -0.4 is 9.47 Å². The third-order valence-electron chi connectivity index (χ3n) is 5.44. The van der Waals surface area contributed by atoms with Crippen LogP contribution >= 0.6 is 0 Å². The van der Waals surface area contributed by atoms with E-state index in [1.807, 2.05) is 18.2 Å². The molecule has 0 unspecified atom stereocenters. The van der Waals surface area contributed by atoms with Gasteiger partial charge in [0.05, 0.1) is 6.42 Å². The lowest BCUT2D eigenvalue weighted by Gasteiger charge is -2.28. The molecule has 1 amide bonds. The van der Waals surface area contributed by atoms with Crippen molar-refractivity contribution in [3.63, 3.8) is 0 Å². The maximum Gasteiger partial charge on any atom is 0.390 e. The summed E-state index contributed by atoms with van der Waals surface area (Å²) >= 11 is 0. The van der Waals surface area contributed by atoms with Crippen LogP contribution in [0.5, 0.6) is 11.5 Å². The fourth-order valence-electron chi connectivity index (χ4n) is 3.93. The molecule has 2 aliphatic rings. The minimum absolute atomic E-state index is 0.231. The Morgan fingerprint density at radius 2 is 1.94 bits per heavy atom. The zero-order chi connectivity index (χ0) is 22.2. The van der Waals surface area contributed by atoms with Crippen LogP contribution in [0.3, 0.4) is 0 Å². The van der Waals surface area contributed by atoms with Gasteiger partial charge in [-0.25, -0.2) is 0 Å². The monoisotopic (exact) mass is 438 g/mol. The Labute approximate surface area is 178 Å². The van der Waals surface area contributed by atoms with Crippen LogP contribution in [0.1, 0.15) is 33.7 Å². The molecule has 7 nitrogen and oxygen atoms in total. The predicted molar refractivity (Wildman–Crippen MR) is 106 cm³/mol. The van der Waals surface area contributed by atoms with Gasteiger partial charge in [-0.15, -0.1) is 0 Å². The van der Waals surface area contributed by atoms with Crippen LogP contribution in [0.15, 0.2) is 18.2 Å². The Morgan fingerprint density at radius 1 is 1.19 bits per heavy atom. The first kappa shape index (κ1) is 21.5. The Bertz CT molecular complexity index is 972. The van der Waals surface area contributed by atoms with Crippen molar-refractivity contribution in [3.8, 4) is 11.5 Å². The maximum absolute atomic E-state index is 12.7. The number of rotatable bonds is 5. The van der Waals surface area contributed by atoms with Crippen molar-refractivity contribution >= 4 is 5.91 Å². The first-order valence-electron chi connectivity index (χ1n) is 10.2. The van der Waals surface area contributed by atoms with Crippen LogP contribution in [-0.2, 0) is 26.1 Å². The highest BCUT2D eigenvalue weighted by atomic mass is 19.4. The fourth-order valence-corrected chi connectivity index (χ4v) is 3.93. The summed E-state index contributed by atoms with van der Waals surface area (Å²) in [6.45, 7) is 2.49. The summed E-state index contributed by atoms with van der Waals surface area (Å²) in [5, 5.41) is 4.28. The van der Waals surface area contributed by atoms with Crippen molar-refractivity contribution in [2.24, 2.45) is 0 Å². The fraction of sp³-hybridized carbons (Fsp3) is 0.524. The van der Waals surface area contributed by atoms with Gasteiger partial charge in [-0.05, 0) is 17.7 Å². The number of carbonyl (C=O) groups is 1. The number of nitrogens with zero attached hydrogens (tertiary/aromatic N) is 4. The van der Waals surface area contributed by atoms with Crippen LogP contribution in [0.2, 0.25) is 0 Å². The molecule has 168 valence electrons. The Hall–Kier alpha value is -2.75. The molecule has 0 N–H and O–H groups in total. The molecule has 1 aromatic carbocycles. The second-order valence-corrected chi connectivity index (χ2v) is 8.00. The molecular weight excluding hydrogens is 413 g/mol. The van der Waals surface area contributed by atoms with Crippen molar-refractivity contribution in [1.82, 2.24) is 19.6 Å². The Morgan fingerprint density at radius 3 is 2.65 bits per heavy atom. The molecule has 0 spiro atoms. The standard InChI is InChI=1S/C21H25F3N4O3/c1-26(2)20(29)19-15-13-27(7-5-16(15)28(25-19)8-6-21(22,23)24)12-14-3-4-17-18(11-14)31-10-9-30-17/h3-4,11H,5-10,12-13H2,1-2H3. The average Bonchev–Trinajstić information content (AvgIpc) is 3.09. The molecule has 1 aromatic heterocycles. The second kappa shape index (κ2) is 8.41. The largest absolute Gasteiger partial charge is 0.486 e. The third-order valence-corrected chi connectivity index (χ3v) is 5.44. The Balaban J connectivity index is 1.55. The number of ether oxygens (including phenoxy) is 2. The quantitative estimate of drug-likeness (QED) is 0.719. The van der Waals surface area contributed by atoms with E-state index in [1.54, 1.807) is 14.1 Å². The summed E-state index contributed by atoms with van der Waals surface area (Å²) in [5.74, 6) is 1.13. The molecule has 10 heteroatoms. The van der Waals surface area contributed by atoms with Crippen molar-refractivity contribution in [2.45, 2.75) is 38.7 Å². The van der Waals surface area contributed by atoms with Crippen molar-refractivity contribution in [2.75, 3.05) is 33.9 Å². The van der Waals surface area contributed by atoms with E-state index < -0.39 is 12.6 Å². The van der Waals surface area contributed by atoms with Gasteiger partial charge in [0.2, 0.25) is 0 Å². The number of aryl methyl sites for hydroxylation is 1. The lowest BCUT2D eigenvalue weighted by atomic mass is 10.0. The summed E-state index contributed by atoms with van der Waals surface area (Å²) in [4.78, 5) is 16.2. The molecule has 3 heterocycles. The second-order valence-electron chi connectivity index (χ2n) is 8.00. The topological polar surface area (TPSA) is 59.8 Å². The SMILES string of the molecule is CN(C)C(=O)c1nn(CCC(F)(F)F)c2c1CN(Cc1ccc3c(c1)OCCO3)CC2. The summed E-state index contributed by atoms with van der Waals surface area (Å²) in [5.41, 5.74) is 2.70. The maximum atomic E-state index is 12.7. The molecule has 0 saturated heterocycles. The minimum atomic E-state index is -4.27. The van der Waals surface area contributed by atoms with E-state index in [0.29, 0.717) is 56.3 Å². The molecule has 0 saturated carbocycles. The van der Waals surface area contributed by atoms with Crippen molar-refractivity contribution in [1.29, 1.82) is 0 Å². The van der Waals surface area contributed by atoms with E-state index in [0.717, 1.165) is 11.3 Å². The van der Waals surface area contributed by atoms with Crippen molar-refractivity contribution in [3.05, 3.63) is 40.7 Å². The van der Waals surface area contributed by atoms with Gasteiger partial charge >= 0.3 is 6.18 Å². The third kappa shape index (κ3) is 4.79. The highest BCUT2D eigenvalue weighted by molar-refractivity contribution is 5.93. The zero-order valence-corrected chi connectivity index (χ0v) is 17.5. The van der Waals surface area contributed by atoms with Gasteiger partial charge < -0.3 is 14.4 Å². The number of alkyl halides is 3. The van der Waals surface area contributed by atoms with E-state index in [2.05, 4.69) is 10.00 Å². The highest BCUT2D eigenvalue weighted by Crippen LogP contribution is 2.32. The van der Waals surface area contributed by atoms with Gasteiger partial charge in [-0.2, -0.15) is 18.3 Å². The number of hydrogen-bond acceptors (Lipinski definition) is 5. The summed E-state index contributed by atoms with van der Waals surface area (Å²) in [7, 11) is 3.22. The highest BCUT2D eigenvalue weighted by Gasteiger charge is 2.32. The molecule has 0 aliphatic carbocycles. The number of carbonyl (C=O) groups excluding carboxylic acids is 1. The van der Waals surface area contributed by atoms with Gasteiger partial charge in [-0.1, -0.05) is 6.07 Å². The van der Waals surface area contributed by atoms with Gasteiger partial charge in [0.1, 0.15) is 13.2 Å². The van der Waals surface area contributed by atoms with Gasteiger partial charge in [0.25, 0.3) is 5.91 Å². The van der Waals surface area contributed by atoms with Crippen LogP contribution in [0.25, 0.3) is 0 Å². The number of hydrogen-bond donors (Lipinski definition) is 0. The molecule has 2 aliphatic heterocycles. The van der Waals surface area contributed by atoms with Gasteiger partial charge in [0.15, 0.2) is 17.2 Å². The molecule has 2 aromatic rings. The Kier molecular flexibility index (Phi) is 5.83. The van der Waals surface area contributed by atoms with E-state index in [1.165, 1.54) is 9.58 Å². The zero-order valence-electron chi connectivity index (χ0n) is 17.5. The first-order chi connectivity index (χ1) is 14.7. The van der Waals surface area contributed by atoms with E-state index >= 15 is 0 Å². The van der Waals surface area contributed by atoms with Crippen LogP contribution in [0.4, 0.5) is 13.2 Å². The molecule has 0 fully saturated rings. The van der Waals surface area contributed by atoms with Crippen LogP contribution in [0, 0.1) is 0 Å². The predicted octanol–water partition coefficient (Wildman–Crippen LogP) is 2.87. The van der Waals surface area contributed by atoms with Crippen molar-refractivity contribution < 1.29 is 27.4 Å². The summed E-state index contributed by atoms with van der Waals surface area (Å²) in [6, 6.07) is 5.81. The number of aromatic nitrogens is 2. The summed E-state index contributed by atoms with van der Waals surface area (Å²) in [6.07, 6.45) is -4.72. The molecule has 0 atom stereocenters. The lowest BCUT2D eigenvalue weighted by molar-refractivity contribution is -0.137. The number of halogens is 3. The minimum Gasteiger partial charge on any atom is -0.486 e. The van der Waals surface area contributed by atoms with E-state index in [9.17, 15) is 18.0 Å². The lowest BCUT2D eigenvalue weighted by Crippen LogP contribution is -2.32. The van der Waals surface area contributed by atoms with Gasteiger partial charge in [0, 0.05) is 58.0 Å². The smallest absolute Gasteiger partial charge is 0.390 e. The summed E-state index contributed by atoms with van der Waals surface area (Å²) < 4.78 is 50.8. The molecule has 31 heavy (non-hydrogen) atoms. The van der Waals surface area contributed by atoms with E-state index in [4.69, 9.17) is 9.47 Å². The molecular formula is C21H25F3N4O3. The molecule has 0 radical (unpaired) electrons. The van der Waals surface area contributed by atoms with Gasteiger partial charge in [-0.3, -0.25) is 14.4 Å². The normalized spacial score (nSPS) is 16.2. The molecule has 4 rings (SSSR count).